The molecule has 0 saturated carbocycles. The molecule has 5 nitrogen and oxygen atoms in total. The van der Waals surface area contributed by atoms with Gasteiger partial charge in [-0.1, -0.05) is 6.07 Å². The summed E-state index contributed by atoms with van der Waals surface area (Å²) in [4.78, 5) is 12.6. The number of hydrogen-bond acceptors (Lipinski definition) is 3. The number of alkyl halides is 3. The van der Waals surface area contributed by atoms with Crippen LogP contribution in [0.1, 0.15) is 27.3 Å². The van der Waals surface area contributed by atoms with E-state index in [0.29, 0.717) is 5.56 Å². The Hall–Kier alpha value is -3.29. The van der Waals surface area contributed by atoms with Gasteiger partial charge in [-0.25, -0.2) is 4.68 Å². The van der Waals surface area contributed by atoms with Crippen LogP contribution >= 0.6 is 0 Å². The van der Waals surface area contributed by atoms with Gasteiger partial charge in [-0.3, -0.25) is 4.79 Å². The molecule has 0 aliphatic heterocycles. The molecule has 0 spiro atoms. The van der Waals surface area contributed by atoms with E-state index in [4.69, 9.17) is 4.74 Å². The van der Waals surface area contributed by atoms with Crippen molar-refractivity contribution in [3.05, 3.63) is 71.0 Å². The zero-order valence-electron chi connectivity index (χ0n) is 16.2. The summed E-state index contributed by atoms with van der Waals surface area (Å²) in [5, 5.41) is 7.00. The first kappa shape index (κ1) is 20.4. The summed E-state index contributed by atoms with van der Waals surface area (Å²) in [6.07, 6.45) is -4.47. The Bertz CT molecular complexity index is 1020. The van der Waals surface area contributed by atoms with E-state index in [2.05, 4.69) is 10.4 Å². The Balaban J connectivity index is 1.77. The van der Waals surface area contributed by atoms with E-state index in [1.165, 1.54) is 12.1 Å². The Morgan fingerprint density at radius 3 is 2.34 bits per heavy atom. The quantitative estimate of drug-likeness (QED) is 0.653. The predicted molar refractivity (Wildman–Crippen MR) is 104 cm³/mol. The zero-order valence-corrected chi connectivity index (χ0v) is 16.2. The Morgan fingerprint density at radius 2 is 1.76 bits per heavy atom. The number of carbonyl (C=O) groups is 1. The molecule has 0 atom stereocenters. The van der Waals surface area contributed by atoms with Crippen LogP contribution in [0, 0.1) is 20.8 Å². The van der Waals surface area contributed by atoms with Crippen LogP contribution in [-0.4, -0.2) is 28.5 Å². The number of hydrogen-bond donors (Lipinski definition) is 1. The SMILES string of the molecule is Cc1ccc(NC(=O)c2ccc(-n3nc(C)cc3C)cc2)c(OCC(F)(F)F)c1. The minimum atomic E-state index is -4.47. The molecule has 1 heterocycles. The second-order valence-electron chi connectivity index (χ2n) is 6.74. The second kappa shape index (κ2) is 7.98. The van der Waals surface area contributed by atoms with Gasteiger partial charge in [0.05, 0.1) is 17.1 Å². The molecular formula is C21H20F3N3O2. The number of aryl methyl sites for hydroxylation is 3. The third-order valence-electron chi connectivity index (χ3n) is 4.16. The molecule has 0 saturated heterocycles. The lowest BCUT2D eigenvalue weighted by Gasteiger charge is -2.15. The molecule has 1 N–H and O–H groups in total. The maximum absolute atomic E-state index is 12.6. The number of carbonyl (C=O) groups excluding carboxylic acids is 1. The number of ether oxygens (including phenoxy) is 1. The molecule has 8 heteroatoms. The van der Waals surface area contributed by atoms with E-state index < -0.39 is 18.7 Å². The van der Waals surface area contributed by atoms with Crippen LogP contribution in [0.5, 0.6) is 5.75 Å². The Labute approximate surface area is 166 Å². The van der Waals surface area contributed by atoms with Gasteiger partial charge in [-0.2, -0.15) is 18.3 Å². The van der Waals surface area contributed by atoms with Gasteiger partial charge in [0.15, 0.2) is 6.61 Å². The molecule has 3 aromatic rings. The highest BCUT2D eigenvalue weighted by Gasteiger charge is 2.29. The summed E-state index contributed by atoms with van der Waals surface area (Å²) in [6, 6.07) is 13.4. The van der Waals surface area contributed by atoms with E-state index in [1.807, 2.05) is 19.9 Å². The van der Waals surface area contributed by atoms with Crippen molar-refractivity contribution in [1.82, 2.24) is 9.78 Å². The number of rotatable bonds is 5. The van der Waals surface area contributed by atoms with Gasteiger partial charge in [0.25, 0.3) is 5.91 Å². The lowest BCUT2D eigenvalue weighted by molar-refractivity contribution is -0.153. The lowest BCUT2D eigenvalue weighted by Crippen LogP contribution is -2.20. The van der Waals surface area contributed by atoms with Gasteiger partial charge in [-0.15, -0.1) is 0 Å². The molecule has 0 aliphatic rings. The third-order valence-corrected chi connectivity index (χ3v) is 4.16. The summed E-state index contributed by atoms with van der Waals surface area (Å²) in [5.74, 6) is -0.486. The molecule has 152 valence electrons. The van der Waals surface area contributed by atoms with Gasteiger partial charge in [-0.05, 0) is 68.8 Å². The van der Waals surface area contributed by atoms with Crippen LogP contribution in [0.2, 0.25) is 0 Å². The van der Waals surface area contributed by atoms with Gasteiger partial charge in [0.2, 0.25) is 0 Å². The molecule has 0 unspecified atom stereocenters. The van der Waals surface area contributed by atoms with Crippen LogP contribution < -0.4 is 10.1 Å². The standard InChI is InChI=1S/C21H20F3N3O2/c1-13-4-9-18(19(10-13)29-12-21(22,23)24)25-20(28)16-5-7-17(8-6-16)27-15(3)11-14(2)26-27/h4-11H,12H2,1-3H3,(H,25,28). The van der Waals surface area contributed by atoms with E-state index in [9.17, 15) is 18.0 Å². The summed E-state index contributed by atoms with van der Waals surface area (Å²) in [5.41, 5.74) is 3.90. The molecule has 0 fully saturated rings. The number of amides is 1. The monoisotopic (exact) mass is 403 g/mol. The smallest absolute Gasteiger partial charge is 0.422 e. The Kier molecular flexibility index (Phi) is 5.63. The van der Waals surface area contributed by atoms with Crippen molar-refractivity contribution in [3.63, 3.8) is 0 Å². The minimum absolute atomic E-state index is 0.0325. The molecule has 1 aromatic heterocycles. The topological polar surface area (TPSA) is 56.2 Å². The lowest BCUT2D eigenvalue weighted by atomic mass is 10.1. The molecular weight excluding hydrogens is 383 g/mol. The predicted octanol–water partition coefficient (Wildman–Crippen LogP) is 4.99. The van der Waals surface area contributed by atoms with Gasteiger partial charge in [0, 0.05) is 11.3 Å². The summed E-state index contributed by atoms with van der Waals surface area (Å²) < 4.78 is 44.1. The highest BCUT2D eigenvalue weighted by atomic mass is 19.4. The van der Waals surface area contributed by atoms with Gasteiger partial charge >= 0.3 is 6.18 Å². The average molecular weight is 403 g/mol. The number of aromatic nitrogens is 2. The molecule has 3 rings (SSSR count). The fraction of sp³-hybridized carbons (Fsp3) is 0.238. The first-order chi connectivity index (χ1) is 13.6. The molecule has 0 radical (unpaired) electrons. The largest absolute Gasteiger partial charge is 0.482 e. The molecule has 1 amide bonds. The minimum Gasteiger partial charge on any atom is -0.482 e. The van der Waals surface area contributed by atoms with Crippen LogP contribution in [-0.2, 0) is 0 Å². The van der Waals surface area contributed by atoms with Crippen molar-refractivity contribution in [2.24, 2.45) is 0 Å². The van der Waals surface area contributed by atoms with Crippen molar-refractivity contribution in [1.29, 1.82) is 0 Å². The third kappa shape index (κ3) is 5.16. The summed E-state index contributed by atoms with van der Waals surface area (Å²) in [6.45, 7) is 4.12. The van der Waals surface area contributed by atoms with Crippen molar-refractivity contribution < 1.29 is 22.7 Å². The summed E-state index contributed by atoms with van der Waals surface area (Å²) >= 11 is 0. The highest BCUT2D eigenvalue weighted by molar-refractivity contribution is 6.05. The van der Waals surface area contributed by atoms with Gasteiger partial charge in [0.1, 0.15) is 5.75 Å². The van der Waals surface area contributed by atoms with Crippen LogP contribution in [0.25, 0.3) is 5.69 Å². The number of halogens is 3. The normalized spacial score (nSPS) is 11.4. The van der Waals surface area contributed by atoms with E-state index in [0.717, 1.165) is 22.6 Å². The van der Waals surface area contributed by atoms with Crippen LogP contribution in [0.3, 0.4) is 0 Å². The molecule has 0 aliphatic carbocycles. The van der Waals surface area contributed by atoms with Crippen molar-refractivity contribution in [2.75, 3.05) is 11.9 Å². The first-order valence-corrected chi connectivity index (χ1v) is 8.87. The fourth-order valence-corrected chi connectivity index (χ4v) is 2.85. The van der Waals surface area contributed by atoms with Crippen LogP contribution in [0.4, 0.5) is 18.9 Å². The second-order valence-corrected chi connectivity index (χ2v) is 6.74. The van der Waals surface area contributed by atoms with E-state index in [1.54, 1.807) is 41.9 Å². The highest BCUT2D eigenvalue weighted by Crippen LogP contribution is 2.28. The van der Waals surface area contributed by atoms with E-state index in [-0.39, 0.29) is 11.4 Å². The first-order valence-electron chi connectivity index (χ1n) is 8.87. The summed E-state index contributed by atoms with van der Waals surface area (Å²) in [7, 11) is 0. The molecule has 0 bridgehead atoms. The maximum atomic E-state index is 12.6. The van der Waals surface area contributed by atoms with Gasteiger partial charge < -0.3 is 10.1 Å². The van der Waals surface area contributed by atoms with E-state index >= 15 is 0 Å². The Morgan fingerprint density at radius 1 is 1.07 bits per heavy atom. The van der Waals surface area contributed by atoms with Crippen molar-refractivity contribution in [2.45, 2.75) is 26.9 Å². The average Bonchev–Trinajstić information content (AvgIpc) is 2.99. The maximum Gasteiger partial charge on any atom is 0.422 e. The van der Waals surface area contributed by atoms with Crippen molar-refractivity contribution >= 4 is 11.6 Å². The number of anilines is 1. The number of nitrogens with one attached hydrogen (secondary N) is 1. The number of nitrogens with zero attached hydrogens (tertiary/aromatic N) is 2. The fourth-order valence-electron chi connectivity index (χ4n) is 2.85. The number of benzene rings is 2. The molecule has 2 aromatic carbocycles. The van der Waals surface area contributed by atoms with Crippen molar-refractivity contribution in [3.8, 4) is 11.4 Å². The zero-order chi connectivity index (χ0) is 21.2. The molecule has 29 heavy (non-hydrogen) atoms. The van der Waals surface area contributed by atoms with Crippen LogP contribution in [0.15, 0.2) is 48.5 Å².